The SMILES string of the molecule is O=C(Oc1ccnc(Br)c1)N1CCc2[nH]ncc2C1=O. The number of halogens is 1. The first kappa shape index (κ1) is 12.8. The maximum absolute atomic E-state index is 12.1. The van der Waals surface area contributed by atoms with Crippen molar-refractivity contribution in [3.63, 3.8) is 0 Å². The fourth-order valence-corrected chi connectivity index (χ4v) is 2.28. The van der Waals surface area contributed by atoms with Gasteiger partial charge in [0.2, 0.25) is 0 Å². The normalized spacial score (nSPS) is 14.1. The van der Waals surface area contributed by atoms with Gasteiger partial charge in [0.15, 0.2) is 0 Å². The standard InChI is InChI=1S/C12H9BrN4O3/c13-10-5-7(1-3-14-10)20-12(19)17-4-2-9-8(11(17)18)6-15-16-9/h1,3,5-6H,2,4H2,(H,15,16). The zero-order chi connectivity index (χ0) is 14.1. The molecule has 8 heteroatoms. The van der Waals surface area contributed by atoms with Gasteiger partial charge in [0.05, 0.1) is 11.8 Å². The summed E-state index contributed by atoms with van der Waals surface area (Å²) < 4.78 is 5.71. The highest BCUT2D eigenvalue weighted by atomic mass is 79.9. The van der Waals surface area contributed by atoms with Crippen LogP contribution in [0.2, 0.25) is 0 Å². The molecule has 1 aliphatic heterocycles. The summed E-state index contributed by atoms with van der Waals surface area (Å²) in [7, 11) is 0. The van der Waals surface area contributed by atoms with Crippen LogP contribution < -0.4 is 4.74 Å². The Morgan fingerprint density at radius 2 is 2.35 bits per heavy atom. The van der Waals surface area contributed by atoms with E-state index in [9.17, 15) is 9.59 Å². The molecule has 0 unspecified atom stereocenters. The van der Waals surface area contributed by atoms with Gasteiger partial charge in [0, 0.05) is 30.9 Å². The van der Waals surface area contributed by atoms with Crippen molar-refractivity contribution >= 4 is 27.9 Å². The smallest absolute Gasteiger partial charge is 0.410 e. The molecule has 20 heavy (non-hydrogen) atoms. The average Bonchev–Trinajstić information content (AvgIpc) is 2.88. The van der Waals surface area contributed by atoms with Crippen molar-refractivity contribution in [2.75, 3.05) is 6.54 Å². The molecule has 0 radical (unpaired) electrons. The number of amides is 2. The van der Waals surface area contributed by atoms with Crippen molar-refractivity contribution in [2.45, 2.75) is 6.42 Å². The molecule has 7 nitrogen and oxygen atoms in total. The van der Waals surface area contributed by atoms with E-state index in [0.717, 1.165) is 10.6 Å². The molecule has 1 aliphatic rings. The molecular formula is C12H9BrN4O3. The molecule has 2 aromatic rings. The summed E-state index contributed by atoms with van der Waals surface area (Å²) in [5.41, 5.74) is 1.15. The minimum atomic E-state index is -0.708. The number of nitrogens with zero attached hydrogens (tertiary/aromatic N) is 3. The Morgan fingerprint density at radius 3 is 3.15 bits per heavy atom. The quantitative estimate of drug-likeness (QED) is 0.801. The van der Waals surface area contributed by atoms with Crippen molar-refractivity contribution in [3.05, 3.63) is 40.4 Å². The van der Waals surface area contributed by atoms with Crippen LogP contribution in [0.15, 0.2) is 29.1 Å². The van der Waals surface area contributed by atoms with Crippen LogP contribution in [0.4, 0.5) is 4.79 Å². The van der Waals surface area contributed by atoms with Crippen LogP contribution in [-0.2, 0) is 6.42 Å². The third kappa shape index (κ3) is 2.29. The van der Waals surface area contributed by atoms with E-state index >= 15 is 0 Å². The number of aromatic nitrogens is 3. The monoisotopic (exact) mass is 336 g/mol. The number of rotatable bonds is 1. The van der Waals surface area contributed by atoms with Crippen LogP contribution in [0.25, 0.3) is 0 Å². The molecule has 1 N–H and O–H groups in total. The highest BCUT2D eigenvalue weighted by Gasteiger charge is 2.31. The largest absolute Gasteiger partial charge is 0.422 e. The Hall–Kier alpha value is -2.22. The molecule has 0 saturated heterocycles. The summed E-state index contributed by atoms with van der Waals surface area (Å²) in [5, 5.41) is 6.55. The van der Waals surface area contributed by atoms with E-state index in [1.807, 2.05) is 0 Å². The lowest BCUT2D eigenvalue weighted by atomic mass is 10.1. The first-order valence-corrected chi connectivity index (χ1v) is 6.62. The lowest BCUT2D eigenvalue weighted by molar-refractivity contribution is 0.0737. The maximum Gasteiger partial charge on any atom is 0.422 e. The van der Waals surface area contributed by atoms with Gasteiger partial charge in [-0.25, -0.2) is 14.7 Å². The van der Waals surface area contributed by atoms with Crippen LogP contribution >= 0.6 is 15.9 Å². The van der Waals surface area contributed by atoms with Crippen molar-refractivity contribution in [1.82, 2.24) is 20.1 Å². The molecule has 0 bridgehead atoms. The molecular weight excluding hydrogens is 328 g/mol. The Bertz CT molecular complexity index is 685. The molecule has 0 atom stereocenters. The Labute approximate surface area is 122 Å². The number of aromatic amines is 1. The molecule has 0 fully saturated rings. The summed E-state index contributed by atoms with van der Waals surface area (Å²) in [5.74, 6) is -0.0826. The maximum atomic E-state index is 12.1. The zero-order valence-electron chi connectivity index (χ0n) is 10.2. The van der Waals surface area contributed by atoms with Crippen molar-refractivity contribution < 1.29 is 14.3 Å². The molecule has 3 heterocycles. The van der Waals surface area contributed by atoms with E-state index in [0.29, 0.717) is 22.3 Å². The van der Waals surface area contributed by atoms with Crippen LogP contribution in [0.3, 0.4) is 0 Å². The summed E-state index contributed by atoms with van der Waals surface area (Å²) >= 11 is 3.18. The van der Waals surface area contributed by atoms with E-state index in [1.165, 1.54) is 12.4 Å². The molecule has 0 spiro atoms. The number of carbonyl (C=O) groups is 2. The number of pyridine rings is 1. The number of carbonyl (C=O) groups excluding carboxylic acids is 2. The van der Waals surface area contributed by atoms with Gasteiger partial charge < -0.3 is 4.74 Å². The first-order valence-electron chi connectivity index (χ1n) is 5.82. The van der Waals surface area contributed by atoms with E-state index in [1.54, 1.807) is 12.1 Å². The molecule has 3 rings (SSSR count). The summed E-state index contributed by atoms with van der Waals surface area (Å²) in [6.07, 6.45) is 2.75. The Kier molecular flexibility index (Phi) is 3.23. The van der Waals surface area contributed by atoms with Gasteiger partial charge in [-0.1, -0.05) is 0 Å². The highest BCUT2D eigenvalue weighted by molar-refractivity contribution is 9.10. The average molecular weight is 337 g/mol. The fourth-order valence-electron chi connectivity index (χ4n) is 1.94. The number of H-pyrrole nitrogens is 1. The Morgan fingerprint density at radius 1 is 1.50 bits per heavy atom. The minimum absolute atomic E-state index is 0.263. The minimum Gasteiger partial charge on any atom is -0.410 e. The Balaban J connectivity index is 1.77. The van der Waals surface area contributed by atoms with Gasteiger partial charge in [-0.15, -0.1) is 0 Å². The number of imide groups is 1. The predicted octanol–water partition coefficient (Wildman–Crippen LogP) is 1.76. The van der Waals surface area contributed by atoms with E-state index in [2.05, 4.69) is 31.1 Å². The van der Waals surface area contributed by atoms with Gasteiger partial charge in [0.25, 0.3) is 5.91 Å². The molecule has 102 valence electrons. The second-order valence-corrected chi connectivity index (χ2v) is 4.96. The molecule has 0 aromatic carbocycles. The lowest BCUT2D eigenvalue weighted by Gasteiger charge is -2.23. The van der Waals surface area contributed by atoms with Crippen LogP contribution in [-0.4, -0.2) is 38.6 Å². The second kappa shape index (κ2) is 5.04. The number of fused-ring (bicyclic) bond motifs is 1. The third-order valence-electron chi connectivity index (χ3n) is 2.90. The van der Waals surface area contributed by atoms with Crippen molar-refractivity contribution in [3.8, 4) is 5.75 Å². The first-order chi connectivity index (χ1) is 9.65. The highest BCUT2D eigenvalue weighted by Crippen LogP contribution is 2.20. The molecule has 0 aliphatic carbocycles. The van der Waals surface area contributed by atoms with Crippen LogP contribution in [0, 0.1) is 0 Å². The summed E-state index contributed by atoms with van der Waals surface area (Å²) in [4.78, 5) is 29.1. The molecule has 2 amide bonds. The molecule has 0 saturated carbocycles. The van der Waals surface area contributed by atoms with Crippen molar-refractivity contribution in [1.29, 1.82) is 0 Å². The van der Waals surface area contributed by atoms with Gasteiger partial charge in [-0.05, 0) is 22.0 Å². The number of ether oxygens (including phenoxy) is 1. The van der Waals surface area contributed by atoms with Gasteiger partial charge in [-0.2, -0.15) is 5.10 Å². The van der Waals surface area contributed by atoms with Gasteiger partial charge >= 0.3 is 6.09 Å². The third-order valence-corrected chi connectivity index (χ3v) is 3.34. The van der Waals surface area contributed by atoms with Gasteiger partial charge in [0.1, 0.15) is 10.4 Å². The summed E-state index contributed by atoms with van der Waals surface area (Å²) in [6, 6.07) is 3.09. The molecule has 2 aromatic heterocycles. The number of hydrogen-bond donors (Lipinski definition) is 1. The lowest BCUT2D eigenvalue weighted by Crippen LogP contribution is -2.43. The number of hydrogen-bond acceptors (Lipinski definition) is 5. The zero-order valence-corrected chi connectivity index (χ0v) is 11.8. The van der Waals surface area contributed by atoms with E-state index < -0.39 is 12.0 Å². The van der Waals surface area contributed by atoms with Crippen molar-refractivity contribution in [2.24, 2.45) is 0 Å². The second-order valence-electron chi connectivity index (χ2n) is 4.15. The fraction of sp³-hybridized carbons (Fsp3) is 0.167. The predicted molar refractivity (Wildman–Crippen MR) is 71.3 cm³/mol. The van der Waals surface area contributed by atoms with Crippen LogP contribution in [0.5, 0.6) is 5.75 Å². The van der Waals surface area contributed by atoms with Crippen LogP contribution in [0.1, 0.15) is 16.1 Å². The van der Waals surface area contributed by atoms with Gasteiger partial charge in [-0.3, -0.25) is 9.89 Å². The summed E-state index contributed by atoms with van der Waals surface area (Å²) in [6.45, 7) is 0.263. The number of nitrogens with one attached hydrogen (secondary N) is 1. The van der Waals surface area contributed by atoms with E-state index in [-0.39, 0.29) is 6.54 Å². The topological polar surface area (TPSA) is 88.2 Å². The van der Waals surface area contributed by atoms with E-state index in [4.69, 9.17) is 4.74 Å².